The number of aliphatic carboxylic acids is 6. The molecule has 2 aliphatic carbocycles. The van der Waals surface area contributed by atoms with E-state index in [4.69, 9.17) is 66.5 Å². The summed E-state index contributed by atoms with van der Waals surface area (Å²) in [6.45, 7) is 12.6. The van der Waals surface area contributed by atoms with Crippen molar-refractivity contribution in [3.8, 4) is 6.26 Å². The molecule has 4 rings (SSSR count). The molecule has 0 spiro atoms. The maximum Gasteiger partial charge on any atom is 2.00 e. The Morgan fingerprint density at radius 3 is 1.22 bits per heavy atom. The van der Waals surface area contributed by atoms with Gasteiger partial charge in [0.1, 0.15) is 19.8 Å². The molecule has 0 aromatic rings. The molecule has 0 saturated heterocycles. The van der Waals surface area contributed by atoms with Crippen LogP contribution in [0.5, 0.6) is 0 Å². The van der Waals surface area contributed by atoms with Crippen molar-refractivity contribution >= 4 is 71.6 Å². The minimum Gasteiger partial charge on any atom is -0.677 e. The van der Waals surface area contributed by atoms with Crippen molar-refractivity contribution in [1.29, 1.82) is 5.26 Å². The summed E-state index contributed by atoms with van der Waals surface area (Å²) in [5.41, 5.74) is 14.8. The molecule has 4 amide bonds. The number of unbranched alkanes of at least 4 members (excludes halogenated alkanes) is 5. The van der Waals surface area contributed by atoms with E-state index in [0.717, 1.165) is 51.4 Å². The van der Waals surface area contributed by atoms with Crippen LogP contribution in [0.4, 0.5) is 4.79 Å². The van der Waals surface area contributed by atoms with Crippen LogP contribution in [0.25, 0.3) is 11.5 Å². The Labute approximate surface area is 505 Å². The predicted molar refractivity (Wildman–Crippen MR) is 280 cm³/mol. The number of nitriles is 1. The monoisotopic (exact) mass is 1540 g/mol. The van der Waals surface area contributed by atoms with Gasteiger partial charge in [0.05, 0.1) is 6.61 Å². The third-order valence-electron chi connectivity index (χ3n) is 9.96. The summed E-state index contributed by atoms with van der Waals surface area (Å²) in [7, 11) is 2.68. The summed E-state index contributed by atoms with van der Waals surface area (Å²) in [4.78, 5) is 124. The smallest absolute Gasteiger partial charge is 0.677 e. The van der Waals surface area contributed by atoms with Crippen LogP contribution in [0.3, 0.4) is 0 Å². The Kier molecular flexibility index (Phi) is 67.1. The summed E-state index contributed by atoms with van der Waals surface area (Å²) in [5.74, 6) is -9.71. The number of hydrogen-bond donors (Lipinski definition) is 6. The van der Waals surface area contributed by atoms with Gasteiger partial charge in [-0.25, -0.2) is 33.6 Å². The number of nitrogens with one attached hydrogen (secondary N) is 2. The minimum atomic E-state index is -1.82. The molecular formula is C50H81N5O25Pt2. The van der Waals surface area contributed by atoms with Gasteiger partial charge in [-0.2, -0.15) is 29.2 Å². The summed E-state index contributed by atoms with van der Waals surface area (Å²) in [5, 5.41) is 53.8. The third-order valence-corrected chi connectivity index (χ3v) is 9.96. The van der Waals surface area contributed by atoms with Crippen molar-refractivity contribution in [3.63, 3.8) is 0 Å². The number of rotatable bonds is 19. The normalized spacial score (nSPS) is 16.5. The molecule has 0 bridgehead atoms. The van der Waals surface area contributed by atoms with Crippen LogP contribution in [-0.2, 0) is 119 Å². The van der Waals surface area contributed by atoms with E-state index >= 15 is 0 Å². The Balaban J connectivity index is -0.000000130. The standard InChI is InChI=1S/C11H15NO4.C10H12N2O3.C8H14O5.2C7H13N.C3H6O3.2C2H2O4.2H2O.2Pt/c13-9-6-7-10(14)12(9)8-4-2-1-3-5-11(15)16;11-8-15-7-3-1-2-6-12-9(13)4-5-10(12)14;1-6(2)4-12-8(10)13-7(9)5-11-3;2*1-6-4-2-3-5-7(6)8;1-6-2-3(4)5;2*3-1(4)2(5)6;;;;/h6-7H,1-5,8H2,(H,15,16);4-5H,1-3,6-7H2;6H,4-5H2,1-3H3;2*6-8H,1-5H2;2H2,1H3,(H,4,5);2*(H,3,4)(H,5,6);2*1H2;;/q;;;2*-2;;;;;;2*+2/t;;;2*6-,7-;;;;;;;/m...11......./s1. The van der Waals surface area contributed by atoms with Crippen molar-refractivity contribution in [2.45, 2.75) is 129 Å². The topological polar surface area (TPSA) is 513 Å². The molecule has 0 radical (unpaired) electrons. The number of methoxy groups -OCH3 is 2. The second-order valence-electron chi connectivity index (χ2n) is 17.1. The molecule has 2 aliphatic heterocycles. The van der Waals surface area contributed by atoms with Gasteiger partial charge in [0.2, 0.25) is 0 Å². The molecule has 2 saturated carbocycles. The van der Waals surface area contributed by atoms with Crippen LogP contribution < -0.4 is 0 Å². The van der Waals surface area contributed by atoms with Gasteiger partial charge in [0, 0.05) is 58.0 Å². The van der Waals surface area contributed by atoms with Crippen molar-refractivity contribution in [2.24, 2.45) is 17.8 Å². The number of carboxylic acids is 6. The van der Waals surface area contributed by atoms with Crippen molar-refractivity contribution in [3.05, 3.63) is 49.6 Å². The summed E-state index contributed by atoms with van der Waals surface area (Å²) >= 11 is 0. The Morgan fingerprint density at radius 2 is 0.951 bits per heavy atom. The van der Waals surface area contributed by atoms with E-state index in [1.165, 1.54) is 86.8 Å². The van der Waals surface area contributed by atoms with E-state index in [9.17, 15) is 38.4 Å². The first-order valence-electron chi connectivity index (χ1n) is 24.5. The van der Waals surface area contributed by atoms with Crippen LogP contribution >= 0.6 is 0 Å². The molecule has 0 unspecified atom stereocenters. The Bertz CT molecular complexity index is 1850. The van der Waals surface area contributed by atoms with Gasteiger partial charge >= 0.3 is 90.1 Å². The molecule has 12 N–H and O–H groups in total. The number of carboxylic acid groups (broad SMARTS) is 6. The molecule has 4 atom stereocenters. The Hall–Kier alpha value is -6.05. The summed E-state index contributed by atoms with van der Waals surface area (Å²) in [6, 6.07) is 0.285. The van der Waals surface area contributed by atoms with E-state index in [1.54, 1.807) is 6.26 Å². The van der Waals surface area contributed by atoms with E-state index in [1.807, 2.05) is 13.8 Å². The molecule has 0 aromatic heterocycles. The third kappa shape index (κ3) is 58.6. The summed E-state index contributed by atoms with van der Waals surface area (Å²) < 4.78 is 21.9. The zero-order chi connectivity index (χ0) is 60.6. The maximum atomic E-state index is 11.1. The second kappa shape index (κ2) is 59.6. The predicted octanol–water partition coefficient (Wildman–Crippen LogP) is 3.73. The van der Waals surface area contributed by atoms with E-state index < -0.39 is 47.9 Å². The maximum absolute atomic E-state index is 11.1. The number of esters is 1. The van der Waals surface area contributed by atoms with Gasteiger partial charge in [-0.05, 0) is 38.0 Å². The first-order chi connectivity index (χ1) is 36.6. The van der Waals surface area contributed by atoms with Crippen molar-refractivity contribution < 1.29 is 165 Å². The molecule has 2 heterocycles. The van der Waals surface area contributed by atoms with Crippen LogP contribution in [0.2, 0.25) is 0 Å². The quantitative estimate of drug-likeness (QED) is 0.0204. The molecule has 30 nitrogen and oxygen atoms in total. The number of ether oxygens (including phenoxy) is 5. The first kappa shape index (κ1) is 92.4. The summed E-state index contributed by atoms with van der Waals surface area (Å²) in [6.07, 6.45) is 20.9. The Morgan fingerprint density at radius 1 is 0.598 bits per heavy atom. The van der Waals surface area contributed by atoms with E-state index in [-0.39, 0.29) is 121 Å². The van der Waals surface area contributed by atoms with Crippen LogP contribution in [0.15, 0.2) is 24.3 Å². The zero-order valence-corrected chi connectivity index (χ0v) is 50.8. The van der Waals surface area contributed by atoms with Crippen molar-refractivity contribution in [2.75, 3.05) is 53.7 Å². The van der Waals surface area contributed by atoms with Gasteiger partial charge < -0.3 is 90.6 Å². The van der Waals surface area contributed by atoms with Gasteiger partial charge in [0.15, 0.2) is 0 Å². The molecule has 82 heavy (non-hydrogen) atoms. The molecule has 32 heteroatoms. The number of hydrogen-bond acceptors (Lipinski definition) is 18. The van der Waals surface area contributed by atoms with Crippen LogP contribution in [0, 0.1) is 43.1 Å². The first-order valence-corrected chi connectivity index (χ1v) is 24.5. The number of nitrogens with zero attached hydrogens (tertiary/aromatic N) is 3. The van der Waals surface area contributed by atoms with Gasteiger partial charge in [-0.3, -0.25) is 33.8 Å². The molecule has 476 valence electrons. The minimum absolute atomic E-state index is 0. The van der Waals surface area contributed by atoms with Gasteiger partial charge in [-0.15, -0.1) is 0 Å². The van der Waals surface area contributed by atoms with Crippen molar-refractivity contribution in [1.82, 2.24) is 9.80 Å². The second-order valence-corrected chi connectivity index (χ2v) is 17.1. The molecule has 2 fully saturated rings. The SMILES string of the molecule is COCC(=O)O.COCC(=O)OC(=O)OCC(C)C.N#COCCCCCN1C(=O)C=CC1=O.O.O.O=C(O)C(=O)O.O=C(O)C(=O)O.O=C(O)CCCCCCN1C(=O)C=CC1=O.[CH2-][C@@H]1CCCC[C@H]1[NH-].[CH2-][C@@H]1CCCC[C@H]1[NH-].[Pt+2].[Pt+2]. The number of carbonyl (C=O) groups is 12. The molecular weight excluding hydrogens is 1460 g/mol. The fraction of sp³-hybridized carbons (Fsp3) is 0.620. The number of imide groups is 2. The zero-order valence-electron chi connectivity index (χ0n) is 46.3. The van der Waals surface area contributed by atoms with Crippen LogP contribution in [0.1, 0.15) is 117 Å². The fourth-order valence-corrected chi connectivity index (χ4v) is 5.91. The van der Waals surface area contributed by atoms with Gasteiger partial charge in [-0.1, -0.05) is 78.1 Å². The largest absolute Gasteiger partial charge is 2.00 e. The molecule has 4 aliphatic rings. The van der Waals surface area contributed by atoms with E-state index in [0.29, 0.717) is 38.0 Å². The molecule has 0 aromatic carbocycles. The average molecular weight is 1540 g/mol. The average Bonchev–Trinajstić information content (AvgIpc) is 3.86. The number of carbonyl (C=O) groups excluding carboxylic acids is 6. The van der Waals surface area contributed by atoms with Gasteiger partial charge in [0.25, 0.3) is 29.9 Å². The van der Waals surface area contributed by atoms with E-state index in [2.05, 4.69) is 37.5 Å². The fourth-order valence-electron chi connectivity index (χ4n) is 5.91. The van der Waals surface area contributed by atoms with Crippen LogP contribution in [-0.4, -0.2) is 189 Å². The number of amides is 4.